The average molecular weight is 282 g/mol. The second-order valence-corrected chi connectivity index (χ2v) is 4.56. The van der Waals surface area contributed by atoms with E-state index < -0.39 is 0 Å². The van der Waals surface area contributed by atoms with Gasteiger partial charge in [0.25, 0.3) is 11.6 Å². The highest BCUT2D eigenvalue weighted by Crippen LogP contribution is 2.07. The molecule has 0 aliphatic carbocycles. The number of hydrogen-bond acceptors (Lipinski definition) is 5. The summed E-state index contributed by atoms with van der Waals surface area (Å²) >= 11 is 0. The fourth-order valence-electron chi connectivity index (χ4n) is 2.01. The van der Waals surface area contributed by atoms with Crippen LogP contribution in [0.1, 0.15) is 12.0 Å². The number of aromatic nitrogens is 4. The third-order valence-electron chi connectivity index (χ3n) is 3.03. The van der Waals surface area contributed by atoms with Gasteiger partial charge >= 0.3 is 0 Å². The fraction of sp³-hybridized carbons (Fsp3) is 0.200. The first-order valence-electron chi connectivity index (χ1n) is 6.70. The first kappa shape index (κ1) is 13.2. The molecule has 0 aliphatic rings. The molecule has 3 rings (SSSR count). The molecule has 0 aliphatic heterocycles. The average Bonchev–Trinajstić information content (AvgIpc) is 2.53. The van der Waals surface area contributed by atoms with E-state index >= 15 is 0 Å². The van der Waals surface area contributed by atoms with Crippen LogP contribution in [0, 0.1) is 0 Å². The molecule has 0 unspecified atom stereocenters. The molecule has 0 bridgehead atoms. The van der Waals surface area contributed by atoms with Gasteiger partial charge in [-0.1, -0.05) is 6.07 Å². The summed E-state index contributed by atoms with van der Waals surface area (Å²) in [4.78, 5) is 26.7. The zero-order valence-corrected chi connectivity index (χ0v) is 11.3. The van der Waals surface area contributed by atoms with Crippen molar-refractivity contribution in [2.24, 2.45) is 0 Å². The Labute approximate surface area is 120 Å². The van der Waals surface area contributed by atoms with Crippen molar-refractivity contribution in [1.29, 1.82) is 0 Å². The van der Waals surface area contributed by atoms with Gasteiger partial charge in [-0.3, -0.25) is 14.8 Å². The molecule has 1 N–H and O–H groups in total. The highest BCUT2D eigenvalue weighted by molar-refractivity contribution is 5.72. The number of fused-ring (bicyclic) bond motifs is 1. The number of nitrogens with one attached hydrogen (secondary N) is 1. The molecule has 0 spiro atoms. The van der Waals surface area contributed by atoms with Crippen molar-refractivity contribution >= 4 is 11.0 Å². The van der Waals surface area contributed by atoms with E-state index in [0.29, 0.717) is 17.6 Å². The molecule has 106 valence electrons. The summed E-state index contributed by atoms with van der Waals surface area (Å²) in [5, 5.41) is 0.459. The van der Waals surface area contributed by atoms with Crippen molar-refractivity contribution in [2.45, 2.75) is 12.8 Å². The first-order chi connectivity index (χ1) is 10.3. The zero-order chi connectivity index (χ0) is 14.5. The van der Waals surface area contributed by atoms with Gasteiger partial charge in [0.15, 0.2) is 5.65 Å². The summed E-state index contributed by atoms with van der Waals surface area (Å²) in [5.74, 6) is 0. The molecule has 3 aromatic heterocycles. The third-order valence-corrected chi connectivity index (χ3v) is 3.03. The van der Waals surface area contributed by atoms with Crippen LogP contribution >= 0.6 is 0 Å². The van der Waals surface area contributed by atoms with Crippen molar-refractivity contribution in [3.8, 4) is 6.01 Å². The van der Waals surface area contributed by atoms with Crippen molar-refractivity contribution in [2.75, 3.05) is 6.61 Å². The van der Waals surface area contributed by atoms with Gasteiger partial charge in [-0.05, 0) is 36.6 Å². The number of aromatic amines is 1. The van der Waals surface area contributed by atoms with Crippen LogP contribution in [0.2, 0.25) is 0 Å². The Morgan fingerprint density at radius 1 is 1.19 bits per heavy atom. The molecule has 0 saturated carbocycles. The van der Waals surface area contributed by atoms with Gasteiger partial charge in [-0.15, -0.1) is 0 Å². The highest BCUT2D eigenvalue weighted by atomic mass is 16.5. The van der Waals surface area contributed by atoms with Crippen LogP contribution in [0.25, 0.3) is 11.0 Å². The molecule has 0 saturated heterocycles. The van der Waals surface area contributed by atoms with Crippen LogP contribution in [0.4, 0.5) is 0 Å². The fourth-order valence-corrected chi connectivity index (χ4v) is 2.01. The number of hydrogen-bond donors (Lipinski definition) is 1. The second kappa shape index (κ2) is 6.13. The smallest absolute Gasteiger partial charge is 0.298 e. The minimum atomic E-state index is -0.240. The van der Waals surface area contributed by atoms with E-state index in [2.05, 4.69) is 19.9 Å². The largest absolute Gasteiger partial charge is 0.465 e. The predicted molar refractivity (Wildman–Crippen MR) is 78.2 cm³/mol. The van der Waals surface area contributed by atoms with Gasteiger partial charge in [0.2, 0.25) is 0 Å². The van der Waals surface area contributed by atoms with Crippen LogP contribution in [0.5, 0.6) is 6.01 Å². The monoisotopic (exact) mass is 282 g/mol. The minimum Gasteiger partial charge on any atom is -0.465 e. The zero-order valence-electron chi connectivity index (χ0n) is 11.3. The van der Waals surface area contributed by atoms with Crippen LogP contribution < -0.4 is 10.3 Å². The molecule has 0 atom stereocenters. The molecule has 0 amide bonds. The lowest BCUT2D eigenvalue weighted by atomic mass is 10.2. The van der Waals surface area contributed by atoms with Gasteiger partial charge in [-0.25, -0.2) is 4.98 Å². The quantitative estimate of drug-likeness (QED) is 0.721. The lowest BCUT2D eigenvalue weighted by Gasteiger charge is -2.05. The van der Waals surface area contributed by atoms with E-state index in [9.17, 15) is 4.79 Å². The van der Waals surface area contributed by atoms with Crippen molar-refractivity contribution in [3.63, 3.8) is 0 Å². The van der Waals surface area contributed by atoms with Gasteiger partial charge in [0.1, 0.15) is 0 Å². The number of rotatable bonds is 5. The molecule has 3 heterocycles. The Balaban J connectivity index is 1.62. The Hall–Kier alpha value is -2.76. The van der Waals surface area contributed by atoms with Crippen molar-refractivity contribution in [1.82, 2.24) is 19.9 Å². The maximum absolute atomic E-state index is 11.8. The van der Waals surface area contributed by atoms with E-state index in [0.717, 1.165) is 18.4 Å². The summed E-state index contributed by atoms with van der Waals surface area (Å²) in [6, 6.07) is 7.52. The summed E-state index contributed by atoms with van der Waals surface area (Å²) in [5.41, 5.74) is 1.31. The lowest BCUT2D eigenvalue weighted by Crippen LogP contribution is -2.12. The molecule has 6 nitrogen and oxygen atoms in total. The van der Waals surface area contributed by atoms with Gasteiger partial charge < -0.3 is 4.74 Å². The number of ether oxygens (including phenoxy) is 1. The normalized spacial score (nSPS) is 10.7. The number of pyridine rings is 2. The molecule has 3 aromatic rings. The molecule has 0 radical (unpaired) electrons. The van der Waals surface area contributed by atoms with E-state index in [1.54, 1.807) is 24.5 Å². The maximum Gasteiger partial charge on any atom is 0.298 e. The number of H-pyrrole nitrogens is 1. The lowest BCUT2D eigenvalue weighted by molar-refractivity contribution is 0.287. The Morgan fingerprint density at radius 3 is 2.95 bits per heavy atom. The summed E-state index contributed by atoms with van der Waals surface area (Å²) in [6.45, 7) is 0.468. The minimum absolute atomic E-state index is 0.206. The van der Waals surface area contributed by atoms with Crippen molar-refractivity contribution in [3.05, 3.63) is 58.8 Å². The van der Waals surface area contributed by atoms with E-state index in [1.807, 2.05) is 18.3 Å². The van der Waals surface area contributed by atoms with Crippen molar-refractivity contribution < 1.29 is 4.74 Å². The van der Waals surface area contributed by atoms with E-state index in [1.165, 1.54) is 0 Å². The standard InChI is InChI=1S/C15H14N4O2/c20-14-12-6-2-8-17-13(12)18-15(19-14)21-9-3-5-11-4-1-7-16-10-11/h1-2,4,6-8,10H,3,5,9H2,(H,17,18,19,20). The topological polar surface area (TPSA) is 80.8 Å². The van der Waals surface area contributed by atoms with Gasteiger partial charge in [0, 0.05) is 18.6 Å². The van der Waals surface area contributed by atoms with E-state index in [4.69, 9.17) is 4.74 Å². The molecular formula is C15H14N4O2. The maximum atomic E-state index is 11.8. The Kier molecular flexibility index (Phi) is 3.86. The Morgan fingerprint density at radius 2 is 2.10 bits per heavy atom. The summed E-state index contributed by atoms with van der Waals surface area (Å²) in [6.07, 6.45) is 6.86. The first-order valence-corrected chi connectivity index (χ1v) is 6.70. The molecular weight excluding hydrogens is 268 g/mol. The molecule has 0 aromatic carbocycles. The number of nitrogens with zero attached hydrogens (tertiary/aromatic N) is 3. The molecule has 21 heavy (non-hydrogen) atoms. The van der Waals surface area contributed by atoms with E-state index in [-0.39, 0.29) is 11.6 Å². The van der Waals surface area contributed by atoms with Crippen LogP contribution in [0.15, 0.2) is 47.7 Å². The Bertz CT molecular complexity index is 786. The predicted octanol–water partition coefficient (Wildman–Crippen LogP) is 1.72. The van der Waals surface area contributed by atoms with Crippen LogP contribution in [-0.2, 0) is 6.42 Å². The number of aryl methyl sites for hydroxylation is 1. The molecule has 0 fully saturated rings. The van der Waals surface area contributed by atoms with Crippen LogP contribution in [0.3, 0.4) is 0 Å². The van der Waals surface area contributed by atoms with Crippen LogP contribution in [-0.4, -0.2) is 26.5 Å². The van der Waals surface area contributed by atoms with Gasteiger partial charge in [-0.2, -0.15) is 4.98 Å². The highest BCUT2D eigenvalue weighted by Gasteiger charge is 2.04. The molecule has 6 heteroatoms. The SMILES string of the molecule is O=c1[nH]c(OCCCc2cccnc2)nc2ncccc12. The van der Waals surface area contributed by atoms with Gasteiger partial charge in [0.05, 0.1) is 12.0 Å². The summed E-state index contributed by atoms with van der Waals surface area (Å²) in [7, 11) is 0. The second-order valence-electron chi connectivity index (χ2n) is 4.56. The summed E-state index contributed by atoms with van der Waals surface area (Å²) < 4.78 is 5.49. The third kappa shape index (κ3) is 3.22.